The summed E-state index contributed by atoms with van der Waals surface area (Å²) < 4.78 is 35.6. The van der Waals surface area contributed by atoms with E-state index >= 15 is 0 Å². The van der Waals surface area contributed by atoms with Crippen molar-refractivity contribution < 1.29 is 17.9 Å². The van der Waals surface area contributed by atoms with Crippen molar-refractivity contribution in [2.75, 3.05) is 24.7 Å². The highest BCUT2D eigenvalue weighted by atomic mass is 32.2. The van der Waals surface area contributed by atoms with Crippen LogP contribution < -0.4 is 5.32 Å². The maximum Gasteiger partial charge on any atom is 0.179 e. The average Bonchev–Trinajstić information content (AvgIpc) is 2.91. The summed E-state index contributed by atoms with van der Waals surface area (Å²) in [6.07, 6.45) is 6.79. The summed E-state index contributed by atoms with van der Waals surface area (Å²) >= 11 is 0. The minimum Gasteiger partial charge on any atom is -0.366 e. The average molecular weight is 340 g/mol. The lowest BCUT2D eigenvalue weighted by atomic mass is 9.86. The molecule has 2 heterocycles. The van der Waals surface area contributed by atoms with Crippen molar-refractivity contribution in [2.45, 2.75) is 49.4 Å². The van der Waals surface area contributed by atoms with Crippen molar-refractivity contribution in [3.05, 3.63) is 18.3 Å². The van der Waals surface area contributed by atoms with Crippen molar-refractivity contribution in [2.24, 2.45) is 5.92 Å². The van der Waals surface area contributed by atoms with E-state index in [0.29, 0.717) is 19.0 Å². The standard InChI is InChI=1S/C16H24N2O4S/c1-12-5-7-16(8-6-12)21-11-13(22-16)10-18-15-14(23(2,19)20)4-3-9-17-15/h3-4,9,12-13H,5-8,10-11H2,1-2H3,(H,17,18)/t12?,13-,16?/m0/s1. The summed E-state index contributed by atoms with van der Waals surface area (Å²) in [5.41, 5.74) is 0. The Labute approximate surface area is 137 Å². The van der Waals surface area contributed by atoms with Gasteiger partial charge in [0.25, 0.3) is 0 Å². The second-order valence-corrected chi connectivity index (χ2v) is 8.63. The van der Waals surface area contributed by atoms with Crippen LogP contribution in [0.2, 0.25) is 0 Å². The van der Waals surface area contributed by atoms with Crippen LogP contribution in [0.1, 0.15) is 32.6 Å². The molecule has 128 valence electrons. The molecule has 2 fully saturated rings. The molecule has 6 nitrogen and oxygen atoms in total. The predicted molar refractivity (Wildman–Crippen MR) is 87.0 cm³/mol. The molecule has 23 heavy (non-hydrogen) atoms. The maximum atomic E-state index is 11.8. The van der Waals surface area contributed by atoms with Crippen molar-refractivity contribution in [3.63, 3.8) is 0 Å². The third kappa shape index (κ3) is 3.84. The van der Waals surface area contributed by atoms with Crippen molar-refractivity contribution in [3.8, 4) is 0 Å². The Balaban J connectivity index is 1.60. The predicted octanol–water partition coefficient (Wildman–Crippen LogP) is 2.22. The molecule has 1 aromatic rings. The molecule has 1 spiro atoms. The van der Waals surface area contributed by atoms with Gasteiger partial charge in [0.15, 0.2) is 15.6 Å². The van der Waals surface area contributed by atoms with Crippen LogP contribution >= 0.6 is 0 Å². The summed E-state index contributed by atoms with van der Waals surface area (Å²) in [7, 11) is -3.31. The summed E-state index contributed by atoms with van der Waals surface area (Å²) in [5.74, 6) is 0.676. The van der Waals surface area contributed by atoms with Crippen LogP contribution in [0, 0.1) is 5.92 Å². The second-order valence-electron chi connectivity index (χ2n) is 6.65. The third-order valence-corrected chi connectivity index (χ3v) is 5.75. The van der Waals surface area contributed by atoms with Crippen LogP contribution in [0.15, 0.2) is 23.2 Å². The van der Waals surface area contributed by atoms with Crippen molar-refractivity contribution in [1.82, 2.24) is 4.98 Å². The minimum atomic E-state index is -3.31. The van der Waals surface area contributed by atoms with E-state index in [1.807, 2.05) is 0 Å². The zero-order chi connectivity index (χ0) is 16.5. The quantitative estimate of drug-likeness (QED) is 0.905. The molecule has 1 atom stereocenters. The first-order chi connectivity index (χ1) is 10.9. The lowest BCUT2D eigenvalue weighted by Crippen LogP contribution is -2.36. The number of anilines is 1. The Kier molecular flexibility index (Phi) is 4.62. The SMILES string of the molecule is CC1CCC2(CC1)OC[C@H](CNc1ncccc1S(C)(=O)=O)O2. The van der Waals surface area contributed by atoms with Crippen LogP contribution in [-0.4, -0.2) is 44.7 Å². The topological polar surface area (TPSA) is 77.5 Å². The van der Waals surface area contributed by atoms with Gasteiger partial charge in [-0.1, -0.05) is 6.92 Å². The maximum absolute atomic E-state index is 11.8. The molecular weight excluding hydrogens is 316 g/mol. The summed E-state index contributed by atoms with van der Waals surface area (Å²) in [6, 6.07) is 3.18. The van der Waals surface area contributed by atoms with Crippen LogP contribution in [0.25, 0.3) is 0 Å². The van der Waals surface area contributed by atoms with E-state index in [2.05, 4.69) is 17.2 Å². The molecule has 0 bridgehead atoms. The first kappa shape index (κ1) is 16.7. The molecule has 1 aliphatic carbocycles. The summed E-state index contributed by atoms with van der Waals surface area (Å²) in [4.78, 5) is 4.34. The van der Waals surface area contributed by atoms with E-state index in [1.54, 1.807) is 18.3 Å². The van der Waals surface area contributed by atoms with Gasteiger partial charge in [0.1, 0.15) is 16.8 Å². The number of hydrogen-bond acceptors (Lipinski definition) is 6. The molecule has 0 radical (unpaired) electrons. The summed E-state index contributed by atoms with van der Waals surface area (Å²) in [6.45, 7) is 3.27. The molecule has 2 aliphatic rings. The molecular formula is C16H24N2O4S. The molecule has 1 aliphatic heterocycles. The molecule has 0 unspecified atom stereocenters. The highest BCUT2D eigenvalue weighted by molar-refractivity contribution is 7.90. The molecule has 1 saturated heterocycles. The summed E-state index contributed by atoms with van der Waals surface area (Å²) in [5, 5.41) is 3.10. The van der Waals surface area contributed by atoms with Gasteiger partial charge in [-0.2, -0.15) is 0 Å². The van der Waals surface area contributed by atoms with Gasteiger partial charge < -0.3 is 14.8 Å². The zero-order valence-corrected chi connectivity index (χ0v) is 14.4. The van der Waals surface area contributed by atoms with E-state index in [9.17, 15) is 8.42 Å². The molecule has 1 N–H and O–H groups in total. The fourth-order valence-electron chi connectivity index (χ4n) is 3.21. The fraction of sp³-hybridized carbons (Fsp3) is 0.688. The molecule has 0 aromatic carbocycles. The third-order valence-electron chi connectivity index (χ3n) is 4.62. The lowest BCUT2D eigenvalue weighted by molar-refractivity contribution is -0.190. The Morgan fingerprint density at radius 2 is 2.13 bits per heavy atom. The van der Waals surface area contributed by atoms with Gasteiger partial charge in [-0.15, -0.1) is 0 Å². The highest BCUT2D eigenvalue weighted by Gasteiger charge is 2.43. The Hall–Kier alpha value is -1.18. The number of sulfone groups is 1. The smallest absolute Gasteiger partial charge is 0.179 e. The van der Waals surface area contributed by atoms with Gasteiger partial charge in [-0.25, -0.2) is 13.4 Å². The first-order valence-corrected chi connectivity index (χ1v) is 9.98. The fourth-order valence-corrected chi connectivity index (χ4v) is 4.02. The largest absolute Gasteiger partial charge is 0.366 e. The van der Waals surface area contributed by atoms with E-state index in [-0.39, 0.29) is 11.0 Å². The number of rotatable bonds is 4. The first-order valence-electron chi connectivity index (χ1n) is 8.09. The van der Waals surface area contributed by atoms with Gasteiger partial charge in [-0.05, 0) is 30.9 Å². The zero-order valence-electron chi connectivity index (χ0n) is 13.6. The van der Waals surface area contributed by atoms with E-state index < -0.39 is 15.6 Å². The monoisotopic (exact) mass is 340 g/mol. The normalized spacial score (nSPS) is 31.4. The Morgan fingerprint density at radius 3 is 2.83 bits per heavy atom. The second kappa shape index (κ2) is 6.37. The van der Waals surface area contributed by atoms with Crippen LogP contribution in [0.3, 0.4) is 0 Å². The molecule has 1 saturated carbocycles. The van der Waals surface area contributed by atoms with Crippen LogP contribution in [-0.2, 0) is 19.3 Å². The molecule has 0 amide bonds. The van der Waals surface area contributed by atoms with Crippen molar-refractivity contribution in [1.29, 1.82) is 0 Å². The van der Waals surface area contributed by atoms with Gasteiger partial charge in [0, 0.05) is 31.8 Å². The van der Waals surface area contributed by atoms with Gasteiger partial charge >= 0.3 is 0 Å². The van der Waals surface area contributed by atoms with E-state index in [1.165, 1.54) is 6.26 Å². The van der Waals surface area contributed by atoms with E-state index in [0.717, 1.165) is 31.6 Å². The molecule has 7 heteroatoms. The van der Waals surface area contributed by atoms with Gasteiger partial charge in [-0.3, -0.25) is 0 Å². The van der Waals surface area contributed by atoms with Gasteiger partial charge in [0.05, 0.1) is 6.61 Å². The number of hydrogen-bond donors (Lipinski definition) is 1. The Bertz CT molecular complexity index is 654. The number of ether oxygens (including phenoxy) is 2. The molecule has 3 rings (SSSR count). The highest BCUT2D eigenvalue weighted by Crippen LogP contribution is 2.39. The van der Waals surface area contributed by atoms with Gasteiger partial charge in [0.2, 0.25) is 0 Å². The lowest BCUT2D eigenvalue weighted by Gasteiger charge is -2.34. The van der Waals surface area contributed by atoms with Crippen LogP contribution in [0.5, 0.6) is 0 Å². The number of pyridine rings is 1. The minimum absolute atomic E-state index is 0.0853. The molecule has 1 aromatic heterocycles. The Morgan fingerprint density at radius 1 is 1.39 bits per heavy atom. The number of nitrogens with zero attached hydrogens (tertiary/aromatic N) is 1. The number of nitrogens with one attached hydrogen (secondary N) is 1. The van der Waals surface area contributed by atoms with Crippen LogP contribution in [0.4, 0.5) is 5.82 Å². The van der Waals surface area contributed by atoms with E-state index in [4.69, 9.17) is 9.47 Å². The van der Waals surface area contributed by atoms with Crippen molar-refractivity contribution >= 4 is 15.7 Å². The number of aromatic nitrogens is 1.